The Bertz CT molecular complexity index is 1530. The first-order valence-corrected chi connectivity index (χ1v) is 12.6. The van der Waals surface area contributed by atoms with Gasteiger partial charge in [-0.2, -0.15) is 10.1 Å². The van der Waals surface area contributed by atoms with Crippen LogP contribution in [0.1, 0.15) is 38.2 Å². The number of halogens is 2. The van der Waals surface area contributed by atoms with Crippen LogP contribution in [0.3, 0.4) is 0 Å². The third-order valence-corrected chi connectivity index (χ3v) is 6.62. The lowest BCUT2D eigenvalue weighted by atomic mass is 10.0. The molecular formula is C28H27F2N5O4. The van der Waals surface area contributed by atoms with Crippen LogP contribution in [0.2, 0.25) is 0 Å². The molecule has 4 aromatic rings. The topological polar surface area (TPSA) is 107 Å². The molecule has 2 heterocycles. The van der Waals surface area contributed by atoms with Crippen molar-refractivity contribution < 1.29 is 27.8 Å². The Hall–Kier alpha value is -4.54. The van der Waals surface area contributed by atoms with Crippen molar-refractivity contribution in [2.75, 3.05) is 17.2 Å². The minimum absolute atomic E-state index is 0.0992. The van der Waals surface area contributed by atoms with Crippen molar-refractivity contribution in [3.05, 3.63) is 72.2 Å². The summed E-state index contributed by atoms with van der Waals surface area (Å²) < 4.78 is 41.3. The molecule has 0 atom stereocenters. The van der Waals surface area contributed by atoms with E-state index in [2.05, 4.69) is 27.6 Å². The summed E-state index contributed by atoms with van der Waals surface area (Å²) in [5.74, 6) is -1.52. The smallest absolute Gasteiger partial charge is 0.247 e. The Balaban J connectivity index is 1.28. The molecule has 2 N–H and O–H groups in total. The monoisotopic (exact) mass is 535 g/mol. The van der Waals surface area contributed by atoms with Gasteiger partial charge in [0.1, 0.15) is 28.8 Å². The molecule has 0 unspecified atom stereocenters. The third kappa shape index (κ3) is 5.38. The molecule has 1 aliphatic rings. The Morgan fingerprint density at radius 2 is 1.72 bits per heavy atom. The van der Waals surface area contributed by atoms with Gasteiger partial charge in [-0.05, 0) is 62.6 Å². The summed E-state index contributed by atoms with van der Waals surface area (Å²) in [6.07, 6.45) is 5.63. The maximum absolute atomic E-state index is 15.0. The summed E-state index contributed by atoms with van der Waals surface area (Å²) in [4.78, 5) is 29.9. The number of aromatic nitrogens is 3. The molecule has 5 rings (SSSR count). The number of anilines is 2. The van der Waals surface area contributed by atoms with E-state index in [4.69, 9.17) is 9.47 Å². The summed E-state index contributed by atoms with van der Waals surface area (Å²) in [5, 5.41) is 9.45. The van der Waals surface area contributed by atoms with Gasteiger partial charge < -0.3 is 20.1 Å². The van der Waals surface area contributed by atoms with Crippen molar-refractivity contribution >= 4 is 28.7 Å². The molecule has 0 spiro atoms. The zero-order chi connectivity index (χ0) is 27.6. The molecule has 0 bridgehead atoms. The lowest BCUT2D eigenvalue weighted by Crippen LogP contribution is -2.35. The van der Waals surface area contributed by atoms with Crippen LogP contribution >= 0.6 is 0 Å². The van der Waals surface area contributed by atoms with Crippen molar-refractivity contribution in [1.82, 2.24) is 14.6 Å². The van der Waals surface area contributed by atoms with Crippen molar-refractivity contribution in [2.45, 2.75) is 39.5 Å². The van der Waals surface area contributed by atoms with E-state index in [0.29, 0.717) is 36.4 Å². The van der Waals surface area contributed by atoms with E-state index in [1.54, 1.807) is 10.7 Å². The molecule has 2 aromatic heterocycles. The first kappa shape index (κ1) is 26.1. The summed E-state index contributed by atoms with van der Waals surface area (Å²) in [6.45, 7) is 4.49. The molecule has 2 amide bonds. The maximum Gasteiger partial charge on any atom is 0.247 e. The van der Waals surface area contributed by atoms with Crippen LogP contribution in [0.5, 0.6) is 17.4 Å². The van der Waals surface area contributed by atoms with E-state index in [-0.39, 0.29) is 17.3 Å². The maximum atomic E-state index is 15.0. The number of hydrogen-bond donors (Lipinski definition) is 2. The standard InChI is InChI=1S/C28H27F2N5O4/c1-3-4-13-38-23-15-35-24(17(23)2)25(31-16-32-35)39-22-10-9-20(14-21(22)30)34-27(37)28(11-12-28)26(36)33-19-7-5-18(29)6-8-19/h5-10,14-16H,3-4,11-13H2,1-2H3,(H,33,36)(H,34,37). The Morgan fingerprint density at radius 1 is 1.03 bits per heavy atom. The van der Waals surface area contributed by atoms with E-state index in [1.807, 2.05) is 6.92 Å². The normalized spacial score (nSPS) is 13.6. The highest BCUT2D eigenvalue weighted by molar-refractivity contribution is 6.16. The average molecular weight is 536 g/mol. The number of hydrogen-bond acceptors (Lipinski definition) is 6. The molecule has 1 saturated carbocycles. The number of carbonyl (C=O) groups excluding carboxylic acids is 2. The fraction of sp³-hybridized carbons (Fsp3) is 0.286. The number of benzene rings is 2. The predicted octanol–water partition coefficient (Wildman–Crippen LogP) is 5.64. The van der Waals surface area contributed by atoms with Gasteiger partial charge >= 0.3 is 0 Å². The van der Waals surface area contributed by atoms with Crippen molar-refractivity contribution in [3.63, 3.8) is 0 Å². The molecule has 9 nitrogen and oxygen atoms in total. The zero-order valence-corrected chi connectivity index (χ0v) is 21.5. The number of nitrogens with zero attached hydrogens (tertiary/aromatic N) is 3. The number of nitrogens with one attached hydrogen (secondary N) is 2. The second kappa shape index (κ2) is 10.7. The average Bonchev–Trinajstić information content (AvgIpc) is 3.67. The lowest BCUT2D eigenvalue weighted by Gasteiger charge is -2.16. The van der Waals surface area contributed by atoms with Gasteiger partial charge in [-0.25, -0.2) is 13.3 Å². The highest BCUT2D eigenvalue weighted by Gasteiger charge is 2.56. The van der Waals surface area contributed by atoms with Crippen LogP contribution in [0.4, 0.5) is 20.2 Å². The molecule has 2 aromatic carbocycles. The first-order valence-electron chi connectivity index (χ1n) is 12.6. The molecule has 1 aliphatic carbocycles. The molecule has 0 radical (unpaired) electrons. The van der Waals surface area contributed by atoms with Crippen LogP contribution < -0.4 is 20.1 Å². The number of unbranched alkanes of at least 4 members (excludes halogenated alkanes) is 1. The van der Waals surface area contributed by atoms with Crippen LogP contribution in [0.25, 0.3) is 5.52 Å². The van der Waals surface area contributed by atoms with E-state index in [0.717, 1.165) is 24.5 Å². The first-order chi connectivity index (χ1) is 18.8. The summed E-state index contributed by atoms with van der Waals surface area (Å²) in [5.41, 5.74) is 0.591. The Morgan fingerprint density at radius 3 is 2.38 bits per heavy atom. The SMILES string of the molecule is CCCCOc1cn2ncnc(Oc3ccc(NC(=O)C4(C(=O)Nc5ccc(F)cc5)CC4)cc3F)c2c1C. The van der Waals surface area contributed by atoms with Gasteiger partial charge in [0.2, 0.25) is 17.7 Å². The molecule has 202 valence electrons. The van der Waals surface area contributed by atoms with Crippen LogP contribution in [-0.2, 0) is 9.59 Å². The lowest BCUT2D eigenvalue weighted by molar-refractivity contribution is -0.131. The second-order valence-corrected chi connectivity index (χ2v) is 9.42. The number of amides is 2. The van der Waals surface area contributed by atoms with Gasteiger partial charge in [-0.3, -0.25) is 9.59 Å². The van der Waals surface area contributed by atoms with Crippen LogP contribution in [-0.4, -0.2) is 33.0 Å². The number of rotatable bonds is 10. The Labute approximate surface area is 223 Å². The summed E-state index contributed by atoms with van der Waals surface area (Å²) in [7, 11) is 0. The highest BCUT2D eigenvalue weighted by Crippen LogP contribution is 2.47. The molecule has 1 fully saturated rings. The highest BCUT2D eigenvalue weighted by atomic mass is 19.1. The minimum atomic E-state index is -1.27. The number of fused-ring (bicyclic) bond motifs is 1. The minimum Gasteiger partial charge on any atom is -0.492 e. The predicted molar refractivity (Wildman–Crippen MR) is 140 cm³/mol. The van der Waals surface area contributed by atoms with Crippen molar-refractivity contribution in [3.8, 4) is 17.4 Å². The summed E-state index contributed by atoms with van der Waals surface area (Å²) >= 11 is 0. The van der Waals surface area contributed by atoms with Crippen LogP contribution in [0, 0.1) is 24.0 Å². The van der Waals surface area contributed by atoms with Crippen molar-refractivity contribution in [1.29, 1.82) is 0 Å². The third-order valence-electron chi connectivity index (χ3n) is 6.62. The van der Waals surface area contributed by atoms with E-state index in [1.165, 1.54) is 42.7 Å². The quantitative estimate of drug-likeness (QED) is 0.201. The van der Waals surface area contributed by atoms with Gasteiger partial charge in [-0.15, -0.1) is 0 Å². The van der Waals surface area contributed by atoms with Crippen LogP contribution in [0.15, 0.2) is 55.0 Å². The fourth-order valence-corrected chi connectivity index (χ4v) is 4.13. The zero-order valence-electron chi connectivity index (χ0n) is 21.5. The number of aryl methyl sites for hydroxylation is 1. The Kier molecular flexibility index (Phi) is 7.14. The van der Waals surface area contributed by atoms with Gasteiger partial charge in [0.15, 0.2) is 11.6 Å². The van der Waals surface area contributed by atoms with E-state index >= 15 is 4.39 Å². The molecular weight excluding hydrogens is 508 g/mol. The fourth-order valence-electron chi connectivity index (χ4n) is 4.13. The number of carbonyl (C=O) groups is 2. The van der Waals surface area contributed by atoms with E-state index in [9.17, 15) is 14.0 Å². The molecule has 39 heavy (non-hydrogen) atoms. The van der Waals surface area contributed by atoms with E-state index < -0.39 is 28.9 Å². The summed E-state index contributed by atoms with van der Waals surface area (Å²) in [6, 6.07) is 9.22. The largest absolute Gasteiger partial charge is 0.492 e. The number of ether oxygens (including phenoxy) is 2. The molecule has 0 saturated heterocycles. The molecule has 11 heteroatoms. The van der Waals surface area contributed by atoms with Gasteiger partial charge in [0, 0.05) is 23.0 Å². The van der Waals surface area contributed by atoms with Gasteiger partial charge in [0.05, 0.1) is 12.8 Å². The van der Waals surface area contributed by atoms with Gasteiger partial charge in [-0.1, -0.05) is 13.3 Å². The molecule has 0 aliphatic heterocycles. The second-order valence-electron chi connectivity index (χ2n) is 9.42. The van der Waals surface area contributed by atoms with Crippen molar-refractivity contribution in [2.24, 2.45) is 5.41 Å². The van der Waals surface area contributed by atoms with Gasteiger partial charge in [0.25, 0.3) is 0 Å².